The van der Waals surface area contributed by atoms with E-state index in [4.69, 9.17) is 59.4 Å². The number of carbonyl (C=O) groups is 6. The maximum atomic E-state index is 9.10. The number of rotatable bonds is 0. The van der Waals surface area contributed by atoms with Gasteiger partial charge in [-0.05, 0) is 0 Å². The molecule has 0 unspecified atom stereocenters. The van der Waals surface area contributed by atoms with Gasteiger partial charge in [0.1, 0.15) is 0 Å². The van der Waals surface area contributed by atoms with Gasteiger partial charge < -0.3 is 30.6 Å². The molecule has 1 radical (unpaired) electrons. The average molecular weight is 410 g/mol. The van der Waals surface area contributed by atoms with E-state index in [1.807, 2.05) is 0 Å². The van der Waals surface area contributed by atoms with Crippen molar-refractivity contribution in [1.29, 1.82) is 0 Å². The van der Waals surface area contributed by atoms with Crippen molar-refractivity contribution in [1.82, 2.24) is 0 Å². The molecule has 103 valence electrons. The third-order valence-electron chi connectivity index (χ3n) is 0.549. The Labute approximate surface area is 136 Å². The topological polar surface area (TPSA) is 224 Å². The maximum absolute atomic E-state index is 9.10. The number of hydrogen-bond donors (Lipinski definition) is 6. The Morgan fingerprint density at radius 1 is 0.368 bits per heavy atom. The Kier molecular flexibility index (Phi) is 19.4. The van der Waals surface area contributed by atoms with E-state index in [-0.39, 0.29) is 41.7 Å². The van der Waals surface area contributed by atoms with Crippen LogP contribution in [-0.4, -0.2) is 66.5 Å². The summed E-state index contributed by atoms with van der Waals surface area (Å²) < 4.78 is 0. The Balaban J connectivity index is -0.0000000865. The van der Waals surface area contributed by atoms with Crippen LogP contribution in [0.2, 0.25) is 0 Å². The Bertz CT molecular complexity index is 277. The minimum Gasteiger partial charge on any atom is -0.473 e. The van der Waals surface area contributed by atoms with Gasteiger partial charge >= 0.3 is 77.6 Å². The van der Waals surface area contributed by atoms with Crippen molar-refractivity contribution < 1.29 is 101 Å². The fourth-order valence-electron chi connectivity index (χ4n) is 0. The molecule has 0 saturated heterocycles. The summed E-state index contributed by atoms with van der Waals surface area (Å²) in [4.78, 5) is 54.6. The molecular formula is C6H6CeO12+3. The first-order chi connectivity index (χ1) is 7.93. The zero-order chi connectivity index (χ0) is 15.5. The molecule has 12 nitrogen and oxygen atoms in total. The van der Waals surface area contributed by atoms with Crippen molar-refractivity contribution in [3.8, 4) is 0 Å². The predicted molar refractivity (Wildman–Crippen MR) is 45.8 cm³/mol. The molecule has 0 rings (SSSR count). The molecule has 0 spiro atoms. The normalized spacial score (nSPS) is 6.95. The van der Waals surface area contributed by atoms with E-state index in [0.717, 1.165) is 0 Å². The van der Waals surface area contributed by atoms with E-state index in [1.165, 1.54) is 0 Å². The second-order valence-corrected chi connectivity index (χ2v) is 1.83. The van der Waals surface area contributed by atoms with Crippen LogP contribution in [0, 0.1) is 41.7 Å². The molecule has 0 aliphatic rings. The molecule has 0 bridgehead atoms. The van der Waals surface area contributed by atoms with E-state index in [0.29, 0.717) is 0 Å². The van der Waals surface area contributed by atoms with Gasteiger partial charge in [-0.3, -0.25) is 0 Å². The summed E-state index contributed by atoms with van der Waals surface area (Å²) in [6, 6.07) is 0. The standard InChI is InChI=1S/3C2H2O4.Ce/c3*3-1(4)2(5)6;/h3*(H,3,4)(H,5,6);/q;;;+3. The third kappa shape index (κ3) is 31.4. The molecule has 0 fully saturated rings. The van der Waals surface area contributed by atoms with Crippen molar-refractivity contribution in [3.63, 3.8) is 0 Å². The van der Waals surface area contributed by atoms with Crippen LogP contribution in [0.15, 0.2) is 0 Å². The Morgan fingerprint density at radius 2 is 0.421 bits per heavy atom. The Morgan fingerprint density at radius 3 is 0.421 bits per heavy atom. The maximum Gasteiger partial charge on any atom is 3.00 e. The average Bonchev–Trinajstić information content (AvgIpc) is 2.18. The van der Waals surface area contributed by atoms with Crippen LogP contribution in [0.4, 0.5) is 0 Å². The molecule has 0 aromatic rings. The summed E-state index contributed by atoms with van der Waals surface area (Å²) in [6.45, 7) is 0. The molecule has 0 aliphatic heterocycles. The summed E-state index contributed by atoms with van der Waals surface area (Å²) in [5.41, 5.74) is 0. The SMILES string of the molecule is O=C(O)C(=O)O.O=C(O)C(=O)O.O=C(O)C(=O)O.[Ce+3]. The minimum atomic E-state index is -1.82. The second-order valence-electron chi connectivity index (χ2n) is 1.83. The van der Waals surface area contributed by atoms with E-state index < -0.39 is 35.8 Å². The Hall–Kier alpha value is -1.80. The van der Waals surface area contributed by atoms with Crippen LogP contribution >= 0.6 is 0 Å². The fourth-order valence-corrected chi connectivity index (χ4v) is 0. The van der Waals surface area contributed by atoms with E-state index in [2.05, 4.69) is 0 Å². The van der Waals surface area contributed by atoms with Gasteiger partial charge in [0.2, 0.25) is 0 Å². The summed E-state index contributed by atoms with van der Waals surface area (Å²) >= 11 is 0. The molecule has 0 aromatic heterocycles. The number of carboxylic acids is 6. The molecular weight excluding hydrogens is 404 g/mol. The van der Waals surface area contributed by atoms with Crippen molar-refractivity contribution in [3.05, 3.63) is 0 Å². The van der Waals surface area contributed by atoms with Gasteiger partial charge in [-0.1, -0.05) is 0 Å². The van der Waals surface area contributed by atoms with Gasteiger partial charge in [-0.15, -0.1) is 0 Å². The van der Waals surface area contributed by atoms with Crippen molar-refractivity contribution in [2.24, 2.45) is 0 Å². The second kappa shape index (κ2) is 14.3. The molecule has 13 heteroatoms. The third-order valence-corrected chi connectivity index (χ3v) is 0.549. The number of aliphatic carboxylic acids is 6. The molecule has 0 saturated carbocycles. The molecule has 19 heavy (non-hydrogen) atoms. The first-order valence-electron chi connectivity index (χ1n) is 3.32. The van der Waals surface area contributed by atoms with Crippen LogP contribution in [0.25, 0.3) is 0 Å². The summed E-state index contributed by atoms with van der Waals surface area (Å²) in [7, 11) is 0. The van der Waals surface area contributed by atoms with Gasteiger partial charge in [0, 0.05) is 0 Å². The zero-order valence-corrected chi connectivity index (χ0v) is 11.8. The molecule has 0 aromatic carbocycles. The summed E-state index contributed by atoms with van der Waals surface area (Å²) in [5, 5.41) is 44.3. The van der Waals surface area contributed by atoms with Crippen LogP contribution in [0.3, 0.4) is 0 Å². The van der Waals surface area contributed by atoms with Crippen molar-refractivity contribution in [2.45, 2.75) is 0 Å². The molecule has 0 aliphatic carbocycles. The first-order valence-corrected chi connectivity index (χ1v) is 3.32. The van der Waals surface area contributed by atoms with Gasteiger partial charge in [0.05, 0.1) is 0 Å². The van der Waals surface area contributed by atoms with Crippen molar-refractivity contribution in [2.75, 3.05) is 0 Å². The first kappa shape index (κ1) is 25.9. The number of hydrogen-bond acceptors (Lipinski definition) is 6. The monoisotopic (exact) mass is 410 g/mol. The van der Waals surface area contributed by atoms with E-state index in [9.17, 15) is 0 Å². The molecule has 0 atom stereocenters. The smallest absolute Gasteiger partial charge is 0.473 e. The summed E-state index contributed by atoms with van der Waals surface area (Å²) in [5.74, 6) is -10.9. The quantitative estimate of drug-likeness (QED) is 0.227. The van der Waals surface area contributed by atoms with E-state index in [1.54, 1.807) is 0 Å². The van der Waals surface area contributed by atoms with Crippen molar-refractivity contribution >= 4 is 35.8 Å². The van der Waals surface area contributed by atoms with Crippen LogP contribution in [0.5, 0.6) is 0 Å². The number of carboxylic acid groups (broad SMARTS) is 6. The van der Waals surface area contributed by atoms with Crippen LogP contribution in [0.1, 0.15) is 0 Å². The zero-order valence-electron chi connectivity index (χ0n) is 8.63. The molecule has 0 heterocycles. The largest absolute Gasteiger partial charge is 3.00 e. The fraction of sp³-hybridized carbons (Fsp3) is 0. The van der Waals surface area contributed by atoms with E-state index >= 15 is 0 Å². The summed E-state index contributed by atoms with van der Waals surface area (Å²) in [6.07, 6.45) is 0. The van der Waals surface area contributed by atoms with Crippen LogP contribution < -0.4 is 0 Å². The van der Waals surface area contributed by atoms with Gasteiger partial charge in [-0.2, -0.15) is 0 Å². The van der Waals surface area contributed by atoms with Gasteiger partial charge in [0.15, 0.2) is 0 Å². The molecule has 6 N–H and O–H groups in total. The minimum absolute atomic E-state index is 0. The van der Waals surface area contributed by atoms with Crippen LogP contribution in [-0.2, 0) is 28.8 Å². The molecule has 0 amide bonds. The van der Waals surface area contributed by atoms with Gasteiger partial charge in [-0.25, -0.2) is 28.8 Å². The predicted octanol–water partition coefficient (Wildman–Crippen LogP) is -2.53. The van der Waals surface area contributed by atoms with Gasteiger partial charge in [0.25, 0.3) is 0 Å².